The summed E-state index contributed by atoms with van der Waals surface area (Å²) in [6, 6.07) is 14.5. The first kappa shape index (κ1) is 31.5. The predicted octanol–water partition coefficient (Wildman–Crippen LogP) is 5.79. The number of piperidine rings is 1. The van der Waals surface area contributed by atoms with Gasteiger partial charge in [-0.15, -0.1) is 0 Å². The molecule has 5 rings (SSSR count). The summed E-state index contributed by atoms with van der Waals surface area (Å²) >= 11 is 6.27. The molecule has 2 aliphatic heterocycles. The Hall–Kier alpha value is -3.90. The van der Waals surface area contributed by atoms with Gasteiger partial charge in [-0.05, 0) is 62.2 Å². The van der Waals surface area contributed by atoms with Crippen molar-refractivity contribution in [3.05, 3.63) is 94.0 Å². The van der Waals surface area contributed by atoms with Crippen molar-refractivity contribution in [2.45, 2.75) is 37.8 Å². The van der Waals surface area contributed by atoms with Gasteiger partial charge in [-0.3, -0.25) is 23.6 Å². The molecule has 2 heterocycles. The van der Waals surface area contributed by atoms with Crippen molar-refractivity contribution in [2.75, 3.05) is 30.5 Å². The van der Waals surface area contributed by atoms with E-state index in [4.69, 9.17) is 11.6 Å². The molecular weight excluding hydrogens is 619 g/mol. The highest BCUT2D eigenvalue weighted by atomic mass is 35.5. The standard InChI is InChI=1S/C31H29ClF3N3O5S/c1-20-8-11-22(12-9-20)44(42,43)38(26-16-21(31(33,34)35)10-13-25(26)32)17-27(39)36-15-5-14-30(2,18-36)19-37-28(40)23-6-3-4-7-24(23)29(37)41/h3-4,6-13,16H,5,14-15,17-19H2,1-2H3. The van der Waals surface area contributed by atoms with Gasteiger partial charge in [0.25, 0.3) is 21.8 Å². The van der Waals surface area contributed by atoms with Crippen molar-refractivity contribution in [1.29, 1.82) is 0 Å². The van der Waals surface area contributed by atoms with Crippen LogP contribution in [0.4, 0.5) is 18.9 Å². The number of halogens is 4. The van der Waals surface area contributed by atoms with Crippen LogP contribution in [0.1, 0.15) is 51.6 Å². The van der Waals surface area contributed by atoms with E-state index in [1.807, 2.05) is 6.92 Å². The van der Waals surface area contributed by atoms with Gasteiger partial charge in [-0.25, -0.2) is 8.42 Å². The first-order valence-corrected chi connectivity index (χ1v) is 15.6. The van der Waals surface area contributed by atoms with Crippen LogP contribution in [-0.2, 0) is 21.0 Å². The molecule has 0 spiro atoms. The number of carbonyl (C=O) groups is 3. The second kappa shape index (κ2) is 11.6. The van der Waals surface area contributed by atoms with E-state index in [0.29, 0.717) is 34.3 Å². The molecule has 0 saturated carbocycles. The molecule has 13 heteroatoms. The predicted molar refractivity (Wildman–Crippen MR) is 158 cm³/mol. The van der Waals surface area contributed by atoms with Gasteiger partial charge in [0, 0.05) is 25.0 Å². The van der Waals surface area contributed by atoms with E-state index in [-0.39, 0.29) is 29.6 Å². The molecule has 8 nitrogen and oxygen atoms in total. The summed E-state index contributed by atoms with van der Waals surface area (Å²) in [5, 5.41) is -0.282. The number of amides is 3. The number of aryl methyl sites for hydroxylation is 1. The Kier molecular flexibility index (Phi) is 8.27. The largest absolute Gasteiger partial charge is 0.416 e. The molecular formula is C31H29ClF3N3O5S. The van der Waals surface area contributed by atoms with Crippen LogP contribution < -0.4 is 4.31 Å². The fourth-order valence-electron chi connectivity index (χ4n) is 5.66. The SMILES string of the molecule is Cc1ccc(S(=O)(=O)N(CC(=O)N2CCCC(C)(CN3C(=O)c4ccccc4C3=O)C2)c2cc(C(F)(F)F)ccc2Cl)cc1. The van der Waals surface area contributed by atoms with Crippen LogP contribution in [0.2, 0.25) is 5.02 Å². The molecule has 0 radical (unpaired) electrons. The number of hydrogen-bond acceptors (Lipinski definition) is 5. The smallest absolute Gasteiger partial charge is 0.341 e. The van der Waals surface area contributed by atoms with Crippen molar-refractivity contribution in [3.8, 4) is 0 Å². The van der Waals surface area contributed by atoms with Crippen molar-refractivity contribution in [1.82, 2.24) is 9.80 Å². The lowest BCUT2D eigenvalue weighted by atomic mass is 9.81. The molecule has 0 bridgehead atoms. The molecule has 1 unspecified atom stereocenters. The molecule has 3 aromatic rings. The fourth-order valence-corrected chi connectivity index (χ4v) is 7.36. The number of anilines is 1. The Labute approximate surface area is 258 Å². The topological polar surface area (TPSA) is 95.1 Å². The highest BCUT2D eigenvalue weighted by Gasteiger charge is 2.43. The lowest BCUT2D eigenvalue weighted by Crippen LogP contribution is -2.53. The number of alkyl halides is 3. The quantitative estimate of drug-likeness (QED) is 0.303. The summed E-state index contributed by atoms with van der Waals surface area (Å²) in [6.45, 7) is 3.14. The summed E-state index contributed by atoms with van der Waals surface area (Å²) in [5.74, 6) is -1.52. The Bertz CT molecular complexity index is 1710. The molecule has 0 aromatic heterocycles. The van der Waals surface area contributed by atoms with Gasteiger partial charge in [0.15, 0.2) is 0 Å². The molecule has 232 valence electrons. The van der Waals surface area contributed by atoms with Crippen LogP contribution >= 0.6 is 11.6 Å². The minimum atomic E-state index is -4.79. The third-order valence-electron chi connectivity index (χ3n) is 7.98. The number of likely N-dealkylation sites (tertiary alicyclic amines) is 1. The summed E-state index contributed by atoms with van der Waals surface area (Å²) in [6.07, 6.45) is -3.71. The van der Waals surface area contributed by atoms with Gasteiger partial charge in [0.2, 0.25) is 5.91 Å². The van der Waals surface area contributed by atoms with Crippen molar-refractivity contribution in [2.24, 2.45) is 5.41 Å². The molecule has 3 aromatic carbocycles. The highest BCUT2D eigenvalue weighted by Crippen LogP contribution is 2.38. The molecule has 1 fully saturated rings. The molecule has 0 N–H and O–H groups in total. The van der Waals surface area contributed by atoms with E-state index in [1.165, 1.54) is 29.2 Å². The number of fused-ring (bicyclic) bond motifs is 1. The van der Waals surface area contributed by atoms with Crippen molar-refractivity contribution in [3.63, 3.8) is 0 Å². The van der Waals surface area contributed by atoms with Gasteiger partial charge in [0.1, 0.15) is 6.54 Å². The Morgan fingerprint density at radius 3 is 2.20 bits per heavy atom. The maximum Gasteiger partial charge on any atom is 0.416 e. The molecule has 44 heavy (non-hydrogen) atoms. The number of benzene rings is 3. The van der Waals surface area contributed by atoms with Gasteiger partial charge in [-0.2, -0.15) is 13.2 Å². The second-order valence-electron chi connectivity index (χ2n) is 11.5. The van der Waals surface area contributed by atoms with Crippen LogP contribution in [0.15, 0.2) is 71.6 Å². The van der Waals surface area contributed by atoms with Crippen LogP contribution in [-0.4, -0.2) is 62.1 Å². The third-order valence-corrected chi connectivity index (χ3v) is 10.1. The normalized spacial score (nSPS) is 18.9. The number of imide groups is 1. The van der Waals surface area contributed by atoms with Crippen molar-refractivity contribution >= 4 is 45.0 Å². The Balaban J connectivity index is 1.43. The van der Waals surface area contributed by atoms with E-state index in [9.17, 15) is 36.0 Å². The zero-order valence-electron chi connectivity index (χ0n) is 23.9. The van der Waals surface area contributed by atoms with Crippen LogP contribution in [0, 0.1) is 12.3 Å². The van der Waals surface area contributed by atoms with Gasteiger partial charge >= 0.3 is 6.18 Å². The highest BCUT2D eigenvalue weighted by molar-refractivity contribution is 7.92. The van der Waals surface area contributed by atoms with E-state index in [2.05, 4.69) is 0 Å². The van der Waals surface area contributed by atoms with Gasteiger partial charge < -0.3 is 4.90 Å². The molecule has 2 aliphatic rings. The summed E-state index contributed by atoms with van der Waals surface area (Å²) < 4.78 is 69.2. The second-order valence-corrected chi connectivity index (χ2v) is 13.7. The monoisotopic (exact) mass is 647 g/mol. The maximum atomic E-state index is 13.8. The third kappa shape index (κ3) is 6.05. The zero-order valence-corrected chi connectivity index (χ0v) is 25.5. The van der Waals surface area contributed by atoms with Gasteiger partial charge in [0.05, 0.1) is 32.3 Å². The number of sulfonamides is 1. The number of nitrogens with zero attached hydrogens (tertiary/aromatic N) is 3. The summed E-state index contributed by atoms with van der Waals surface area (Å²) in [7, 11) is -4.55. The summed E-state index contributed by atoms with van der Waals surface area (Å²) in [5.41, 5.74) is -0.953. The van der Waals surface area contributed by atoms with Crippen LogP contribution in [0.3, 0.4) is 0 Å². The maximum absolute atomic E-state index is 13.8. The number of carbonyl (C=O) groups excluding carboxylic acids is 3. The number of rotatable bonds is 7. The lowest BCUT2D eigenvalue weighted by Gasteiger charge is -2.42. The molecule has 0 aliphatic carbocycles. The first-order valence-electron chi connectivity index (χ1n) is 13.8. The first-order chi connectivity index (χ1) is 20.6. The van der Waals surface area contributed by atoms with E-state index in [1.54, 1.807) is 31.2 Å². The average Bonchev–Trinajstić information content (AvgIpc) is 3.20. The Morgan fingerprint density at radius 1 is 1.00 bits per heavy atom. The minimum Gasteiger partial charge on any atom is -0.341 e. The molecule has 3 amide bonds. The average molecular weight is 648 g/mol. The van der Waals surface area contributed by atoms with Crippen LogP contribution in [0.5, 0.6) is 0 Å². The van der Waals surface area contributed by atoms with E-state index in [0.717, 1.165) is 22.6 Å². The van der Waals surface area contributed by atoms with Crippen molar-refractivity contribution < 1.29 is 36.0 Å². The van der Waals surface area contributed by atoms with Crippen LogP contribution in [0.25, 0.3) is 0 Å². The molecule has 1 saturated heterocycles. The fraction of sp³-hybridized carbons (Fsp3) is 0.323. The Morgan fingerprint density at radius 2 is 1.61 bits per heavy atom. The zero-order chi connectivity index (χ0) is 32.0. The number of hydrogen-bond donors (Lipinski definition) is 0. The molecule has 1 atom stereocenters. The summed E-state index contributed by atoms with van der Waals surface area (Å²) in [4.78, 5) is 42.1. The minimum absolute atomic E-state index is 0.0357. The van der Waals surface area contributed by atoms with E-state index < -0.39 is 57.1 Å². The van der Waals surface area contributed by atoms with E-state index >= 15 is 0 Å². The lowest BCUT2D eigenvalue weighted by molar-refractivity contribution is -0.137. The van der Waals surface area contributed by atoms with Gasteiger partial charge in [-0.1, -0.05) is 48.4 Å².